The zero-order valence-corrected chi connectivity index (χ0v) is 14.8. The molecule has 0 aliphatic carbocycles. The quantitative estimate of drug-likeness (QED) is 0.455. The van der Waals surface area contributed by atoms with E-state index < -0.39 is 11.7 Å². The molecule has 0 aliphatic heterocycles. The van der Waals surface area contributed by atoms with Crippen molar-refractivity contribution in [3.05, 3.63) is 107 Å². The maximum Gasteiger partial charge on any atom is 0.416 e. The van der Waals surface area contributed by atoms with Crippen molar-refractivity contribution in [3.63, 3.8) is 0 Å². The Bertz CT molecular complexity index is 768. The van der Waals surface area contributed by atoms with Gasteiger partial charge in [-0.1, -0.05) is 72.8 Å². The van der Waals surface area contributed by atoms with Gasteiger partial charge in [-0.2, -0.15) is 13.2 Å². The zero-order chi connectivity index (χ0) is 19.1. The summed E-state index contributed by atoms with van der Waals surface area (Å²) in [6.07, 6.45) is -3.11. The highest BCUT2D eigenvalue weighted by Crippen LogP contribution is 2.31. The molecule has 3 rings (SSSR count). The molecule has 1 nitrogen and oxygen atoms in total. The van der Waals surface area contributed by atoms with Crippen LogP contribution in [0.1, 0.15) is 34.8 Å². The van der Waals surface area contributed by atoms with E-state index in [0.29, 0.717) is 13.0 Å². The van der Waals surface area contributed by atoms with Gasteiger partial charge in [-0.15, -0.1) is 0 Å². The molecule has 0 unspecified atom stereocenters. The average Bonchev–Trinajstić information content (AvgIpc) is 2.69. The molecule has 140 valence electrons. The molecule has 0 amide bonds. The Balaban J connectivity index is 1.73. The Morgan fingerprint density at radius 2 is 1.26 bits per heavy atom. The highest BCUT2D eigenvalue weighted by atomic mass is 19.4. The molecule has 4 heteroatoms. The highest BCUT2D eigenvalue weighted by molar-refractivity contribution is 5.27. The maximum absolute atomic E-state index is 12.8. The third-order valence-corrected chi connectivity index (χ3v) is 4.44. The summed E-state index contributed by atoms with van der Waals surface area (Å²) in [6.45, 7) is 0.418. The Hall–Kier alpha value is -2.59. The summed E-state index contributed by atoms with van der Waals surface area (Å²) in [4.78, 5) is 0. The van der Waals surface area contributed by atoms with Gasteiger partial charge >= 0.3 is 6.18 Å². The molecular weight excluding hydrogens is 349 g/mol. The Kier molecular flexibility index (Phi) is 6.30. The topological polar surface area (TPSA) is 9.23 Å². The van der Waals surface area contributed by atoms with E-state index in [9.17, 15) is 13.2 Å². The molecule has 0 spiro atoms. The second kappa shape index (κ2) is 8.87. The standard InChI is InChI=1S/C23H21F3O/c24-23(25,26)21-14-12-20(13-15-21)22(16-11-18-7-3-1-4-8-18)27-17-19-9-5-2-6-10-19/h1-10,12-15,22H,11,16-17H2/t22-/m1/s1. The minimum atomic E-state index is -4.33. The summed E-state index contributed by atoms with van der Waals surface area (Å²) >= 11 is 0. The fraction of sp³-hybridized carbons (Fsp3) is 0.217. The molecule has 0 bridgehead atoms. The maximum atomic E-state index is 12.8. The number of halogens is 3. The first-order chi connectivity index (χ1) is 13.0. The largest absolute Gasteiger partial charge is 0.416 e. The van der Waals surface area contributed by atoms with Crippen molar-refractivity contribution in [2.75, 3.05) is 0 Å². The van der Waals surface area contributed by atoms with Crippen LogP contribution in [0.3, 0.4) is 0 Å². The van der Waals surface area contributed by atoms with Crippen LogP contribution in [0, 0.1) is 0 Å². The monoisotopic (exact) mass is 370 g/mol. The first kappa shape index (κ1) is 19.2. The number of hydrogen-bond donors (Lipinski definition) is 0. The van der Waals surface area contributed by atoms with Crippen molar-refractivity contribution in [1.82, 2.24) is 0 Å². The van der Waals surface area contributed by atoms with Crippen molar-refractivity contribution < 1.29 is 17.9 Å². The van der Waals surface area contributed by atoms with E-state index in [0.717, 1.165) is 29.7 Å². The van der Waals surface area contributed by atoms with Crippen LogP contribution in [0.4, 0.5) is 13.2 Å². The summed E-state index contributed by atoms with van der Waals surface area (Å²) in [5.41, 5.74) is 2.33. The molecule has 0 saturated heterocycles. The van der Waals surface area contributed by atoms with Crippen LogP contribution in [-0.2, 0) is 23.9 Å². The van der Waals surface area contributed by atoms with Crippen LogP contribution in [0.5, 0.6) is 0 Å². The smallest absolute Gasteiger partial charge is 0.369 e. The lowest BCUT2D eigenvalue weighted by Crippen LogP contribution is -2.09. The van der Waals surface area contributed by atoms with E-state index in [4.69, 9.17) is 4.74 Å². The van der Waals surface area contributed by atoms with Crippen molar-refractivity contribution in [3.8, 4) is 0 Å². The first-order valence-corrected chi connectivity index (χ1v) is 8.89. The van der Waals surface area contributed by atoms with Crippen LogP contribution < -0.4 is 0 Å². The van der Waals surface area contributed by atoms with Crippen LogP contribution in [0.25, 0.3) is 0 Å². The molecule has 3 aromatic rings. The second-order valence-corrected chi connectivity index (χ2v) is 6.43. The second-order valence-electron chi connectivity index (χ2n) is 6.43. The summed E-state index contributed by atoms with van der Waals surface area (Å²) < 4.78 is 44.6. The number of ether oxygens (including phenoxy) is 1. The minimum Gasteiger partial charge on any atom is -0.369 e. The molecule has 1 atom stereocenters. The van der Waals surface area contributed by atoms with E-state index in [1.54, 1.807) is 0 Å². The molecule has 0 N–H and O–H groups in total. The van der Waals surface area contributed by atoms with Gasteiger partial charge in [-0.25, -0.2) is 0 Å². The average molecular weight is 370 g/mol. The highest BCUT2D eigenvalue weighted by Gasteiger charge is 2.30. The molecule has 0 radical (unpaired) electrons. The molecule has 0 saturated carbocycles. The lowest BCUT2D eigenvalue weighted by Gasteiger charge is -2.19. The number of benzene rings is 3. The van der Waals surface area contributed by atoms with Crippen molar-refractivity contribution >= 4 is 0 Å². The van der Waals surface area contributed by atoms with Crippen molar-refractivity contribution in [2.24, 2.45) is 0 Å². The van der Waals surface area contributed by atoms with Crippen LogP contribution in [0.2, 0.25) is 0 Å². The SMILES string of the molecule is FC(F)(F)c1ccc([C@@H](CCc2ccccc2)OCc2ccccc2)cc1. The third kappa shape index (κ3) is 5.69. The predicted molar refractivity (Wildman–Crippen MR) is 100 cm³/mol. The van der Waals surface area contributed by atoms with Gasteiger partial charge in [0.15, 0.2) is 0 Å². The summed E-state index contributed by atoms with van der Waals surface area (Å²) in [7, 11) is 0. The predicted octanol–water partition coefficient (Wildman–Crippen LogP) is 6.60. The Morgan fingerprint density at radius 1 is 0.704 bits per heavy atom. The van der Waals surface area contributed by atoms with Gasteiger partial charge in [0.2, 0.25) is 0 Å². The number of rotatable bonds is 7. The first-order valence-electron chi connectivity index (χ1n) is 8.89. The molecule has 0 fully saturated rings. The number of alkyl halides is 3. The summed E-state index contributed by atoms with van der Waals surface area (Å²) in [5, 5.41) is 0. The van der Waals surface area contributed by atoms with Crippen LogP contribution >= 0.6 is 0 Å². The van der Waals surface area contributed by atoms with Gasteiger partial charge in [-0.3, -0.25) is 0 Å². The lowest BCUT2D eigenvalue weighted by molar-refractivity contribution is -0.137. The fourth-order valence-corrected chi connectivity index (χ4v) is 2.95. The molecule has 0 aromatic heterocycles. The van der Waals surface area contributed by atoms with Crippen LogP contribution in [0.15, 0.2) is 84.9 Å². The molecule has 0 aliphatic rings. The van der Waals surface area contributed by atoms with Gasteiger partial charge in [0.1, 0.15) is 0 Å². The van der Waals surface area contributed by atoms with Gasteiger partial charge < -0.3 is 4.74 Å². The van der Waals surface area contributed by atoms with E-state index in [1.165, 1.54) is 17.7 Å². The van der Waals surface area contributed by atoms with Crippen LogP contribution in [-0.4, -0.2) is 0 Å². The van der Waals surface area contributed by atoms with E-state index in [1.807, 2.05) is 60.7 Å². The Morgan fingerprint density at radius 3 is 1.81 bits per heavy atom. The van der Waals surface area contributed by atoms with E-state index in [-0.39, 0.29) is 6.10 Å². The zero-order valence-electron chi connectivity index (χ0n) is 14.8. The molecular formula is C23H21F3O. The summed E-state index contributed by atoms with van der Waals surface area (Å²) in [5.74, 6) is 0. The minimum absolute atomic E-state index is 0.271. The van der Waals surface area contributed by atoms with Gasteiger partial charge in [0.05, 0.1) is 18.3 Å². The lowest BCUT2D eigenvalue weighted by atomic mass is 10.00. The van der Waals surface area contributed by atoms with Gasteiger partial charge in [0.25, 0.3) is 0 Å². The number of hydrogen-bond acceptors (Lipinski definition) is 1. The normalized spacial score (nSPS) is 12.7. The number of aryl methyl sites for hydroxylation is 1. The van der Waals surface area contributed by atoms with Gasteiger partial charge in [0, 0.05) is 0 Å². The fourth-order valence-electron chi connectivity index (χ4n) is 2.95. The molecule has 0 heterocycles. The Labute approximate surface area is 157 Å². The molecule has 3 aromatic carbocycles. The summed E-state index contributed by atoms with van der Waals surface area (Å²) in [6, 6.07) is 25.0. The van der Waals surface area contributed by atoms with Crippen molar-refractivity contribution in [2.45, 2.75) is 31.7 Å². The van der Waals surface area contributed by atoms with E-state index in [2.05, 4.69) is 0 Å². The van der Waals surface area contributed by atoms with Crippen molar-refractivity contribution in [1.29, 1.82) is 0 Å². The third-order valence-electron chi connectivity index (χ3n) is 4.44. The van der Waals surface area contributed by atoms with Gasteiger partial charge in [-0.05, 0) is 41.7 Å². The molecule has 27 heavy (non-hydrogen) atoms. The van der Waals surface area contributed by atoms with E-state index >= 15 is 0 Å².